The highest BCUT2D eigenvalue weighted by Gasteiger charge is 2.16. The molecule has 4 rings (SSSR count). The van der Waals surface area contributed by atoms with E-state index in [2.05, 4.69) is 15.1 Å². The fraction of sp³-hybridized carbons (Fsp3) is 0.278. The van der Waals surface area contributed by atoms with Crippen LogP contribution in [0.4, 0.5) is 0 Å². The van der Waals surface area contributed by atoms with Crippen molar-refractivity contribution in [3.8, 4) is 17.2 Å². The first kappa shape index (κ1) is 15.6. The Kier molecular flexibility index (Phi) is 4.30. The van der Waals surface area contributed by atoms with Crippen molar-refractivity contribution in [3.63, 3.8) is 0 Å². The predicted octanol–water partition coefficient (Wildman–Crippen LogP) is 2.17. The molecule has 3 heterocycles. The fourth-order valence-corrected chi connectivity index (χ4v) is 2.72. The van der Waals surface area contributed by atoms with Gasteiger partial charge in [-0.2, -0.15) is 5.10 Å². The first-order chi connectivity index (χ1) is 12.3. The Labute approximate surface area is 145 Å². The Bertz CT molecular complexity index is 864. The number of fused-ring (bicyclic) bond motifs is 1. The zero-order chi connectivity index (χ0) is 17.1. The summed E-state index contributed by atoms with van der Waals surface area (Å²) in [5, 5.41) is 4.62. The van der Waals surface area contributed by atoms with Crippen molar-refractivity contribution < 1.29 is 14.2 Å². The van der Waals surface area contributed by atoms with Crippen LogP contribution in [-0.4, -0.2) is 40.3 Å². The van der Waals surface area contributed by atoms with Crippen LogP contribution in [0.1, 0.15) is 17.2 Å². The van der Waals surface area contributed by atoms with E-state index in [1.807, 2.05) is 35.0 Å². The highest BCUT2D eigenvalue weighted by Crippen LogP contribution is 2.33. The maximum Gasteiger partial charge on any atom is 0.231 e. The van der Waals surface area contributed by atoms with Gasteiger partial charge in [-0.1, -0.05) is 6.07 Å². The molecule has 1 aromatic carbocycles. The summed E-state index contributed by atoms with van der Waals surface area (Å²) in [4.78, 5) is 8.86. The van der Waals surface area contributed by atoms with Crippen molar-refractivity contribution in [1.29, 1.82) is 0 Å². The van der Waals surface area contributed by atoms with Crippen LogP contribution >= 0.6 is 0 Å². The van der Waals surface area contributed by atoms with Crippen LogP contribution in [0.2, 0.25) is 0 Å². The average Bonchev–Trinajstić information content (AvgIpc) is 3.27. The van der Waals surface area contributed by atoms with Crippen LogP contribution < -0.4 is 9.47 Å². The summed E-state index contributed by atoms with van der Waals surface area (Å²) in [6, 6.07) is 9.78. The van der Waals surface area contributed by atoms with E-state index in [1.54, 1.807) is 19.5 Å². The van der Waals surface area contributed by atoms with Gasteiger partial charge in [0.25, 0.3) is 0 Å². The van der Waals surface area contributed by atoms with Crippen LogP contribution in [0.15, 0.2) is 42.7 Å². The first-order valence-electron chi connectivity index (χ1n) is 8.06. The van der Waals surface area contributed by atoms with E-state index in [9.17, 15) is 0 Å². The molecule has 0 radical (unpaired) electrons. The van der Waals surface area contributed by atoms with Gasteiger partial charge >= 0.3 is 0 Å². The molecule has 3 aromatic rings. The van der Waals surface area contributed by atoms with Crippen LogP contribution in [0.5, 0.6) is 11.5 Å². The van der Waals surface area contributed by atoms with Gasteiger partial charge in [-0.05, 0) is 29.8 Å². The second kappa shape index (κ2) is 6.90. The van der Waals surface area contributed by atoms with Crippen LogP contribution in [0.25, 0.3) is 5.69 Å². The highest BCUT2D eigenvalue weighted by atomic mass is 16.7. The normalized spacial score (nSPS) is 12.5. The molecule has 0 amide bonds. The smallest absolute Gasteiger partial charge is 0.231 e. The minimum Gasteiger partial charge on any atom is -0.454 e. The number of aromatic nitrogens is 4. The fourth-order valence-electron chi connectivity index (χ4n) is 2.72. The molecule has 0 saturated carbocycles. The zero-order valence-electron chi connectivity index (χ0n) is 13.9. The number of hydrogen-bond acceptors (Lipinski definition) is 6. The van der Waals surface area contributed by atoms with Crippen molar-refractivity contribution in [2.24, 2.45) is 0 Å². The molecule has 0 aliphatic carbocycles. The molecule has 7 heteroatoms. The molecular formula is C18H18N4O3. The van der Waals surface area contributed by atoms with E-state index >= 15 is 0 Å². The van der Waals surface area contributed by atoms with Gasteiger partial charge in [0.15, 0.2) is 17.3 Å². The standard InChI is InChI=1S/C18H18N4O3/c1-23-8-6-17-20-18(22(21-17)14-3-2-7-19-11-14)10-13-4-5-15-16(9-13)25-12-24-15/h2-5,7,9,11H,6,8,10,12H2,1H3. The molecule has 0 unspecified atom stereocenters. The molecule has 0 N–H and O–H groups in total. The Balaban J connectivity index is 1.66. The van der Waals surface area contributed by atoms with Crippen LogP contribution in [-0.2, 0) is 17.6 Å². The quantitative estimate of drug-likeness (QED) is 0.686. The lowest BCUT2D eigenvalue weighted by Crippen LogP contribution is -2.04. The van der Waals surface area contributed by atoms with Crippen LogP contribution in [0.3, 0.4) is 0 Å². The molecule has 0 spiro atoms. The monoisotopic (exact) mass is 338 g/mol. The third-order valence-corrected chi connectivity index (χ3v) is 3.94. The molecule has 0 fully saturated rings. The van der Waals surface area contributed by atoms with Gasteiger partial charge in [-0.3, -0.25) is 4.98 Å². The highest BCUT2D eigenvalue weighted by molar-refractivity contribution is 5.45. The van der Waals surface area contributed by atoms with E-state index in [0.29, 0.717) is 19.4 Å². The van der Waals surface area contributed by atoms with E-state index < -0.39 is 0 Å². The molecule has 0 bridgehead atoms. The number of nitrogens with zero attached hydrogens (tertiary/aromatic N) is 4. The summed E-state index contributed by atoms with van der Waals surface area (Å²) in [7, 11) is 1.67. The van der Waals surface area contributed by atoms with Crippen molar-refractivity contribution in [1.82, 2.24) is 19.7 Å². The van der Waals surface area contributed by atoms with Gasteiger partial charge in [-0.25, -0.2) is 9.67 Å². The molecule has 1 aliphatic rings. The van der Waals surface area contributed by atoms with Gasteiger partial charge in [0.2, 0.25) is 6.79 Å². The largest absolute Gasteiger partial charge is 0.454 e. The van der Waals surface area contributed by atoms with Gasteiger partial charge in [0, 0.05) is 26.1 Å². The second-order valence-electron chi connectivity index (χ2n) is 5.67. The summed E-state index contributed by atoms with van der Waals surface area (Å²) in [5.41, 5.74) is 1.97. The van der Waals surface area contributed by atoms with E-state index in [-0.39, 0.29) is 6.79 Å². The predicted molar refractivity (Wildman–Crippen MR) is 90.1 cm³/mol. The summed E-state index contributed by atoms with van der Waals surface area (Å²) in [6.45, 7) is 0.854. The molecule has 25 heavy (non-hydrogen) atoms. The van der Waals surface area contributed by atoms with Crippen molar-refractivity contribution in [2.75, 3.05) is 20.5 Å². The molecule has 0 atom stereocenters. The van der Waals surface area contributed by atoms with Crippen LogP contribution in [0, 0.1) is 0 Å². The lowest BCUT2D eigenvalue weighted by molar-refractivity contribution is 0.174. The summed E-state index contributed by atoms with van der Waals surface area (Å²) in [5.74, 6) is 3.14. The van der Waals surface area contributed by atoms with Gasteiger partial charge < -0.3 is 14.2 Å². The number of ether oxygens (including phenoxy) is 3. The second-order valence-corrected chi connectivity index (χ2v) is 5.67. The maximum atomic E-state index is 5.46. The molecule has 1 aliphatic heterocycles. The SMILES string of the molecule is COCCc1nc(Cc2ccc3c(c2)OCO3)n(-c2cccnc2)n1. The van der Waals surface area contributed by atoms with Gasteiger partial charge in [0.1, 0.15) is 5.82 Å². The summed E-state index contributed by atoms with van der Waals surface area (Å²) in [6.07, 6.45) is 4.81. The number of hydrogen-bond donors (Lipinski definition) is 0. The number of pyridine rings is 1. The third kappa shape index (κ3) is 3.32. The molecule has 128 valence electrons. The lowest BCUT2D eigenvalue weighted by atomic mass is 10.1. The Morgan fingerprint density at radius 1 is 1.20 bits per heavy atom. The zero-order valence-corrected chi connectivity index (χ0v) is 13.9. The average molecular weight is 338 g/mol. The van der Waals surface area contributed by atoms with Crippen molar-refractivity contribution in [3.05, 3.63) is 59.9 Å². The van der Waals surface area contributed by atoms with Gasteiger partial charge in [0.05, 0.1) is 18.5 Å². The van der Waals surface area contributed by atoms with Gasteiger partial charge in [-0.15, -0.1) is 0 Å². The van der Waals surface area contributed by atoms with E-state index in [4.69, 9.17) is 14.2 Å². The number of benzene rings is 1. The maximum absolute atomic E-state index is 5.46. The molecule has 0 saturated heterocycles. The minimum absolute atomic E-state index is 0.270. The number of rotatable bonds is 6. The van der Waals surface area contributed by atoms with E-state index in [1.165, 1.54) is 0 Å². The summed E-state index contributed by atoms with van der Waals surface area (Å²) < 4.78 is 17.8. The summed E-state index contributed by atoms with van der Waals surface area (Å²) >= 11 is 0. The number of methoxy groups -OCH3 is 1. The van der Waals surface area contributed by atoms with Crippen molar-refractivity contribution in [2.45, 2.75) is 12.8 Å². The van der Waals surface area contributed by atoms with E-state index in [0.717, 1.165) is 34.4 Å². The Hall–Kier alpha value is -2.93. The molecule has 2 aromatic heterocycles. The minimum atomic E-state index is 0.270. The lowest BCUT2D eigenvalue weighted by Gasteiger charge is -2.06. The first-order valence-corrected chi connectivity index (χ1v) is 8.06. The Morgan fingerprint density at radius 2 is 2.12 bits per heavy atom. The Morgan fingerprint density at radius 3 is 2.96 bits per heavy atom. The molecular weight excluding hydrogens is 320 g/mol. The van der Waals surface area contributed by atoms with Crippen molar-refractivity contribution >= 4 is 0 Å². The molecule has 7 nitrogen and oxygen atoms in total. The topological polar surface area (TPSA) is 71.3 Å². The third-order valence-electron chi connectivity index (χ3n) is 3.94.